The molecule has 0 amide bonds. The molecule has 0 atom stereocenters. The molecule has 0 unspecified atom stereocenters. The first-order valence-corrected chi connectivity index (χ1v) is 16.0. The number of carbonyl (C=O) groups excluding carboxylic acids is 4. The van der Waals surface area contributed by atoms with E-state index >= 15 is 0 Å². The zero-order valence-electron chi connectivity index (χ0n) is 25.6. The molecular formula is C38H29Br2N3O4. The van der Waals surface area contributed by atoms with E-state index < -0.39 is 5.54 Å². The van der Waals surface area contributed by atoms with Crippen molar-refractivity contribution in [1.29, 1.82) is 0 Å². The van der Waals surface area contributed by atoms with E-state index in [0.29, 0.717) is 0 Å². The average molecular weight is 751 g/mol. The van der Waals surface area contributed by atoms with Crippen LogP contribution in [0.2, 0.25) is 0 Å². The van der Waals surface area contributed by atoms with Gasteiger partial charge in [-0.15, -0.1) is 0 Å². The van der Waals surface area contributed by atoms with Gasteiger partial charge < -0.3 is 0 Å². The minimum atomic E-state index is -0.608. The second-order valence-corrected chi connectivity index (χ2v) is 12.0. The van der Waals surface area contributed by atoms with Crippen molar-refractivity contribution in [2.24, 2.45) is 4.99 Å². The fraction of sp³-hybridized carbons (Fsp3) is 0.105. The molecule has 9 heteroatoms. The largest absolute Gasteiger partial charge is 0.373 e. The fourth-order valence-corrected chi connectivity index (χ4v) is 6.59. The monoisotopic (exact) mass is 749 g/mol. The van der Waals surface area contributed by atoms with Crippen LogP contribution in [0, 0.1) is 13.8 Å². The molecule has 234 valence electrons. The Bertz CT molecular complexity index is 1940. The zero-order chi connectivity index (χ0) is 33.8. The maximum Gasteiger partial charge on any atom is 0.373 e. The van der Waals surface area contributed by atoms with Crippen LogP contribution >= 0.6 is 31.9 Å². The van der Waals surface area contributed by atoms with Crippen LogP contribution in [-0.4, -0.2) is 26.7 Å². The molecule has 1 aromatic heterocycles. The quantitative estimate of drug-likeness (QED) is 0.169. The highest BCUT2D eigenvalue weighted by Crippen LogP contribution is 2.43. The van der Waals surface area contributed by atoms with Gasteiger partial charge in [0, 0.05) is 10.9 Å². The number of aromatic nitrogens is 2. The number of halogens is 2. The summed E-state index contributed by atoms with van der Waals surface area (Å²) in [6, 6.07) is 44.9. The third kappa shape index (κ3) is 7.68. The Morgan fingerprint density at radius 2 is 1.09 bits per heavy atom. The van der Waals surface area contributed by atoms with Gasteiger partial charge in [0.15, 0.2) is 0 Å². The lowest BCUT2D eigenvalue weighted by atomic mass is 9.77. The van der Waals surface area contributed by atoms with Crippen LogP contribution in [-0.2, 0) is 31.3 Å². The molecule has 0 saturated carbocycles. The van der Waals surface area contributed by atoms with Gasteiger partial charge in [-0.1, -0.05) is 120 Å². The van der Waals surface area contributed by atoms with Crippen molar-refractivity contribution in [3.63, 3.8) is 0 Å². The topological polar surface area (TPSA) is 98.5 Å². The highest BCUT2D eigenvalue weighted by molar-refractivity contribution is 9.18. The number of rotatable bonds is 4. The number of aryl methyl sites for hydroxylation is 2. The van der Waals surface area contributed by atoms with Crippen LogP contribution in [0.15, 0.2) is 137 Å². The second-order valence-electron chi connectivity index (χ2n) is 10.5. The number of benzene rings is 5. The first kappa shape index (κ1) is 34.8. The first-order chi connectivity index (χ1) is 22.8. The maximum absolute atomic E-state index is 8.12. The third-order valence-electron chi connectivity index (χ3n) is 7.56. The lowest BCUT2D eigenvalue weighted by molar-refractivity contribution is -0.193. The van der Waals surface area contributed by atoms with E-state index in [1.165, 1.54) is 38.9 Å². The average Bonchev–Trinajstić information content (AvgIpc) is 3.62. The third-order valence-corrected chi connectivity index (χ3v) is 8.82. The van der Waals surface area contributed by atoms with Gasteiger partial charge in [0.05, 0.1) is 12.1 Å². The number of fused-ring (bicyclic) bond motifs is 2. The van der Waals surface area contributed by atoms with E-state index in [4.69, 9.17) is 24.3 Å². The molecule has 0 bridgehead atoms. The Morgan fingerprint density at radius 3 is 1.57 bits per heavy atom. The smallest absolute Gasteiger partial charge is 0.272 e. The van der Waals surface area contributed by atoms with E-state index in [9.17, 15) is 0 Å². The molecule has 7 nitrogen and oxygen atoms in total. The summed E-state index contributed by atoms with van der Waals surface area (Å²) < 4.78 is 4.02. The number of nitrogens with zero attached hydrogens (tertiary/aromatic N) is 3. The van der Waals surface area contributed by atoms with Crippen LogP contribution in [0.1, 0.15) is 38.9 Å². The lowest BCUT2D eigenvalue weighted by Crippen LogP contribution is -2.38. The first-order valence-electron chi connectivity index (χ1n) is 14.4. The van der Waals surface area contributed by atoms with Gasteiger partial charge in [-0.25, -0.2) is 4.68 Å². The highest BCUT2D eigenvalue weighted by Gasteiger charge is 2.40. The van der Waals surface area contributed by atoms with E-state index in [0.717, 1.165) is 26.7 Å². The lowest BCUT2D eigenvalue weighted by Gasteiger charge is -2.37. The molecule has 5 aromatic carbocycles. The Labute approximate surface area is 289 Å². The normalized spacial score (nSPS) is 11.2. The summed E-state index contributed by atoms with van der Waals surface area (Å²) in [6.45, 7) is 5.04. The summed E-state index contributed by atoms with van der Waals surface area (Å²) in [5.74, 6) is 0. The van der Waals surface area contributed by atoms with E-state index in [2.05, 4.69) is 183 Å². The van der Waals surface area contributed by atoms with Crippen molar-refractivity contribution in [3.8, 4) is 0 Å². The SMILES string of the molecule is Cc1ccc2c(c1)C(Br)=NC2.Cc1ccc2c(c1)c(Br)nn2C(c1ccccc1)(c1ccccc1)c1ccccc1.O=C=O.O=C=O. The van der Waals surface area contributed by atoms with E-state index in [-0.39, 0.29) is 12.3 Å². The predicted octanol–water partition coefficient (Wildman–Crippen LogP) is 8.43. The summed E-state index contributed by atoms with van der Waals surface area (Å²) in [5.41, 5.74) is 9.06. The number of aliphatic imine (C=N–C) groups is 1. The Morgan fingerprint density at radius 1 is 0.638 bits per heavy atom. The van der Waals surface area contributed by atoms with Gasteiger partial charge >= 0.3 is 12.3 Å². The van der Waals surface area contributed by atoms with Gasteiger partial charge in [-0.2, -0.15) is 24.3 Å². The van der Waals surface area contributed by atoms with Crippen LogP contribution < -0.4 is 0 Å². The Hall–Kier alpha value is -5.04. The summed E-state index contributed by atoms with van der Waals surface area (Å²) in [6.07, 6.45) is 0.500. The predicted molar refractivity (Wildman–Crippen MR) is 187 cm³/mol. The summed E-state index contributed by atoms with van der Waals surface area (Å²) in [7, 11) is 0. The van der Waals surface area contributed by atoms with Crippen LogP contribution in [0.4, 0.5) is 0 Å². The van der Waals surface area contributed by atoms with Gasteiger partial charge in [-0.05, 0) is 86.2 Å². The molecule has 6 aromatic rings. The minimum absolute atomic E-state index is 0.250. The Balaban J connectivity index is 0.000000242. The number of hydrogen-bond donors (Lipinski definition) is 0. The second kappa shape index (κ2) is 16.5. The van der Waals surface area contributed by atoms with Crippen molar-refractivity contribution in [2.75, 3.05) is 0 Å². The van der Waals surface area contributed by atoms with Crippen molar-refractivity contribution in [2.45, 2.75) is 25.9 Å². The molecule has 0 fully saturated rings. The standard InChI is InChI=1S/C27H21BrN2.C9H8BrN.2CO2/c1-20-17-18-25-24(19-20)26(28)29-30(25)27(21-11-5-2-6-12-21,22-13-7-3-8-14-22)23-15-9-4-10-16-23;1-6-2-3-7-5-11-9(10)8(7)4-6;2*2-1-3/h2-19H,1H3;2-4H,5H2,1H3;;. The molecule has 2 heterocycles. The molecule has 0 spiro atoms. The summed E-state index contributed by atoms with van der Waals surface area (Å²) in [5, 5.41) is 6.18. The minimum Gasteiger partial charge on any atom is -0.272 e. The molecule has 7 rings (SSSR count). The van der Waals surface area contributed by atoms with Crippen molar-refractivity contribution in [1.82, 2.24) is 9.78 Å². The molecule has 0 radical (unpaired) electrons. The summed E-state index contributed by atoms with van der Waals surface area (Å²) in [4.78, 5) is 36.8. The molecule has 0 saturated heterocycles. The van der Waals surface area contributed by atoms with Gasteiger partial charge in [0.1, 0.15) is 14.8 Å². The van der Waals surface area contributed by atoms with Crippen molar-refractivity contribution >= 4 is 59.7 Å². The summed E-state index contributed by atoms with van der Waals surface area (Å²) >= 11 is 7.15. The van der Waals surface area contributed by atoms with Gasteiger partial charge in [-0.3, -0.25) is 4.99 Å². The highest BCUT2D eigenvalue weighted by atomic mass is 79.9. The molecule has 0 N–H and O–H groups in total. The molecule has 1 aliphatic heterocycles. The zero-order valence-corrected chi connectivity index (χ0v) is 28.7. The van der Waals surface area contributed by atoms with Crippen molar-refractivity contribution < 1.29 is 19.2 Å². The van der Waals surface area contributed by atoms with Gasteiger partial charge in [0.2, 0.25) is 0 Å². The molecular weight excluding hydrogens is 722 g/mol. The van der Waals surface area contributed by atoms with E-state index in [1.54, 1.807) is 0 Å². The maximum atomic E-state index is 8.12. The molecule has 0 aliphatic carbocycles. The van der Waals surface area contributed by atoms with Crippen molar-refractivity contribution in [3.05, 3.63) is 171 Å². The molecule has 47 heavy (non-hydrogen) atoms. The van der Waals surface area contributed by atoms with E-state index in [1.807, 2.05) is 0 Å². The molecule has 1 aliphatic rings. The van der Waals surface area contributed by atoms with Crippen LogP contribution in [0.5, 0.6) is 0 Å². The number of hydrogen-bond acceptors (Lipinski definition) is 6. The van der Waals surface area contributed by atoms with Gasteiger partial charge in [0.25, 0.3) is 0 Å². The fourth-order valence-electron chi connectivity index (χ4n) is 5.62. The van der Waals surface area contributed by atoms with Crippen LogP contribution in [0.25, 0.3) is 10.9 Å². The van der Waals surface area contributed by atoms with Crippen LogP contribution in [0.3, 0.4) is 0 Å². The Kier molecular flexibility index (Phi) is 12.2.